The lowest BCUT2D eigenvalue weighted by Gasteiger charge is -2.45. The lowest BCUT2D eigenvalue weighted by Crippen LogP contribution is -2.54. The van der Waals surface area contributed by atoms with Gasteiger partial charge in [0, 0.05) is 44.8 Å². The number of halogens is 1. The zero-order valence-electron chi connectivity index (χ0n) is 18.1. The quantitative estimate of drug-likeness (QED) is 0.650. The number of H-pyrrole nitrogens is 1. The summed E-state index contributed by atoms with van der Waals surface area (Å²) in [6.07, 6.45) is 1.75. The van der Waals surface area contributed by atoms with Gasteiger partial charge in [0.25, 0.3) is 11.5 Å². The third kappa shape index (κ3) is 3.52. The molecule has 2 aliphatic rings. The molecule has 1 atom stereocenters. The Labute approximate surface area is 184 Å². The van der Waals surface area contributed by atoms with Gasteiger partial charge in [-0.1, -0.05) is 6.07 Å². The van der Waals surface area contributed by atoms with E-state index in [4.69, 9.17) is 0 Å². The number of aromatic nitrogens is 3. The number of nitrogens with zero attached hydrogens (tertiary/aromatic N) is 4. The molecule has 1 fully saturated rings. The van der Waals surface area contributed by atoms with Gasteiger partial charge in [-0.2, -0.15) is 0 Å². The van der Waals surface area contributed by atoms with E-state index in [9.17, 15) is 9.59 Å². The summed E-state index contributed by atoms with van der Waals surface area (Å²) >= 11 is 0. The van der Waals surface area contributed by atoms with E-state index >= 15 is 4.39 Å². The molecule has 8 nitrogen and oxygen atoms in total. The summed E-state index contributed by atoms with van der Waals surface area (Å²) in [5.74, 6) is -0.585. The lowest BCUT2D eigenvalue weighted by molar-refractivity contribution is 0.0958. The van der Waals surface area contributed by atoms with Crippen molar-refractivity contribution in [3.63, 3.8) is 0 Å². The maximum absolute atomic E-state index is 15.1. The molecule has 0 radical (unpaired) electrons. The molecule has 2 N–H and O–H groups in total. The molecule has 32 heavy (non-hydrogen) atoms. The second-order valence-electron chi connectivity index (χ2n) is 8.45. The number of pyridine rings is 1. The SMILES string of the molecule is CNC(=O)c1ccc2c(n1)CC[C@@H]1CN(Cc3ccc4nc(C)c(=O)[nH]c4c3F)CCN21. The highest BCUT2D eigenvalue weighted by Gasteiger charge is 2.33. The van der Waals surface area contributed by atoms with Crippen LogP contribution in [0, 0.1) is 12.7 Å². The Morgan fingerprint density at radius 1 is 1.25 bits per heavy atom. The van der Waals surface area contributed by atoms with Crippen LogP contribution in [-0.2, 0) is 13.0 Å². The van der Waals surface area contributed by atoms with Crippen molar-refractivity contribution in [2.75, 3.05) is 31.6 Å². The Kier molecular flexibility index (Phi) is 5.13. The van der Waals surface area contributed by atoms with Crippen molar-refractivity contribution in [3.05, 3.63) is 63.1 Å². The van der Waals surface area contributed by atoms with E-state index in [1.54, 1.807) is 32.2 Å². The van der Waals surface area contributed by atoms with E-state index in [0.29, 0.717) is 35.1 Å². The average molecular weight is 436 g/mol. The molecule has 2 aliphatic heterocycles. The van der Waals surface area contributed by atoms with E-state index in [1.165, 1.54) is 0 Å². The number of benzene rings is 1. The van der Waals surface area contributed by atoms with E-state index < -0.39 is 5.82 Å². The molecule has 0 bridgehead atoms. The van der Waals surface area contributed by atoms with E-state index in [2.05, 4.69) is 30.1 Å². The Balaban J connectivity index is 1.34. The summed E-state index contributed by atoms with van der Waals surface area (Å²) < 4.78 is 15.1. The highest BCUT2D eigenvalue weighted by molar-refractivity contribution is 5.92. The van der Waals surface area contributed by atoms with Crippen molar-refractivity contribution in [3.8, 4) is 0 Å². The average Bonchev–Trinajstić information content (AvgIpc) is 2.81. The molecule has 3 aromatic rings. The molecule has 9 heteroatoms. The molecular formula is C23H25FN6O2. The molecular weight excluding hydrogens is 411 g/mol. The zero-order valence-corrected chi connectivity index (χ0v) is 18.1. The summed E-state index contributed by atoms with van der Waals surface area (Å²) in [6, 6.07) is 7.60. The van der Waals surface area contributed by atoms with Crippen molar-refractivity contribution >= 4 is 22.6 Å². The van der Waals surface area contributed by atoms with Crippen molar-refractivity contribution in [2.24, 2.45) is 0 Å². The van der Waals surface area contributed by atoms with Crippen molar-refractivity contribution in [2.45, 2.75) is 32.4 Å². The molecule has 0 saturated carbocycles. The largest absolute Gasteiger partial charge is 0.364 e. The first kappa shape index (κ1) is 20.6. The Morgan fingerprint density at radius 2 is 2.09 bits per heavy atom. The van der Waals surface area contributed by atoms with Crippen LogP contribution in [0.15, 0.2) is 29.1 Å². The van der Waals surface area contributed by atoms with Crippen LogP contribution in [0.3, 0.4) is 0 Å². The number of carbonyl (C=O) groups excluding carboxylic acids is 1. The van der Waals surface area contributed by atoms with Crippen molar-refractivity contribution in [1.82, 2.24) is 25.2 Å². The second-order valence-corrected chi connectivity index (χ2v) is 8.45. The predicted octanol–water partition coefficient (Wildman–Crippen LogP) is 1.76. The van der Waals surface area contributed by atoms with Crippen LogP contribution >= 0.6 is 0 Å². The minimum atomic E-state index is -0.408. The number of nitrogens with one attached hydrogen (secondary N) is 2. The number of piperazine rings is 1. The number of amides is 1. The van der Waals surface area contributed by atoms with Crippen LogP contribution in [0.4, 0.5) is 10.1 Å². The number of rotatable bonds is 3. The molecule has 166 valence electrons. The van der Waals surface area contributed by atoms with E-state index in [1.807, 2.05) is 6.07 Å². The van der Waals surface area contributed by atoms with Gasteiger partial charge in [-0.15, -0.1) is 0 Å². The Hall–Kier alpha value is -3.33. The van der Waals surface area contributed by atoms with E-state index in [0.717, 1.165) is 43.9 Å². The minimum Gasteiger partial charge on any atom is -0.364 e. The van der Waals surface area contributed by atoms with E-state index in [-0.39, 0.29) is 17.0 Å². The zero-order chi connectivity index (χ0) is 22.4. The summed E-state index contributed by atoms with van der Waals surface area (Å²) in [7, 11) is 1.60. The number of aryl methyl sites for hydroxylation is 2. The third-order valence-corrected chi connectivity index (χ3v) is 6.45. The number of hydrogen-bond acceptors (Lipinski definition) is 6. The number of aromatic amines is 1. The fourth-order valence-corrected chi connectivity index (χ4v) is 4.74. The molecule has 2 aromatic heterocycles. The van der Waals surface area contributed by atoms with Crippen molar-refractivity contribution in [1.29, 1.82) is 0 Å². The van der Waals surface area contributed by atoms with Gasteiger partial charge < -0.3 is 15.2 Å². The summed E-state index contributed by atoms with van der Waals surface area (Å²) in [5, 5.41) is 2.62. The van der Waals surface area contributed by atoms with Gasteiger partial charge in [-0.25, -0.2) is 14.4 Å². The fraction of sp³-hybridized carbons (Fsp3) is 0.391. The third-order valence-electron chi connectivity index (χ3n) is 6.45. The molecule has 1 saturated heterocycles. The highest BCUT2D eigenvalue weighted by atomic mass is 19.1. The smallest absolute Gasteiger partial charge is 0.269 e. The molecule has 1 aromatic carbocycles. The molecule has 0 aliphatic carbocycles. The summed E-state index contributed by atoms with van der Waals surface area (Å²) in [4.78, 5) is 39.8. The monoisotopic (exact) mass is 436 g/mol. The Bertz CT molecular complexity index is 1270. The highest BCUT2D eigenvalue weighted by Crippen LogP contribution is 2.32. The Morgan fingerprint density at radius 3 is 2.91 bits per heavy atom. The number of hydrogen-bond donors (Lipinski definition) is 2. The first-order valence-electron chi connectivity index (χ1n) is 10.8. The first-order chi connectivity index (χ1) is 15.4. The van der Waals surface area contributed by atoms with Crippen LogP contribution in [-0.4, -0.2) is 58.5 Å². The molecule has 0 unspecified atom stereocenters. The first-order valence-corrected chi connectivity index (χ1v) is 10.8. The van der Waals surface area contributed by atoms with Gasteiger partial charge in [0.05, 0.1) is 16.9 Å². The van der Waals surface area contributed by atoms with Crippen molar-refractivity contribution < 1.29 is 9.18 Å². The topological polar surface area (TPSA) is 94.2 Å². The summed E-state index contributed by atoms with van der Waals surface area (Å²) in [6.45, 7) is 4.50. The maximum atomic E-state index is 15.1. The molecule has 0 spiro atoms. The minimum absolute atomic E-state index is 0.168. The lowest BCUT2D eigenvalue weighted by atomic mass is 9.96. The maximum Gasteiger partial charge on any atom is 0.269 e. The van der Waals surface area contributed by atoms with Gasteiger partial charge in [0.15, 0.2) is 5.82 Å². The number of anilines is 1. The molecule has 5 rings (SSSR count). The van der Waals surface area contributed by atoms with Gasteiger partial charge >= 0.3 is 0 Å². The van der Waals surface area contributed by atoms with Crippen LogP contribution < -0.4 is 15.8 Å². The standard InChI is InChI=1S/C23H25FN6O2/c1-13-22(31)28-21-17(26-13)5-3-14(20(21)24)11-29-9-10-30-15(12-29)4-6-16-19(30)8-7-18(27-16)23(32)25-2/h3,5,7-8,15H,4,6,9-12H2,1-2H3,(H,25,32)(H,28,31)/t15-/m1/s1. The molecule has 1 amide bonds. The fourth-order valence-electron chi connectivity index (χ4n) is 4.74. The van der Waals surface area contributed by atoms with Gasteiger partial charge in [-0.05, 0) is 38.0 Å². The second kappa shape index (κ2) is 7.98. The predicted molar refractivity (Wildman–Crippen MR) is 119 cm³/mol. The van der Waals surface area contributed by atoms with Crippen LogP contribution in [0.25, 0.3) is 11.0 Å². The number of carbonyl (C=O) groups is 1. The van der Waals surface area contributed by atoms with Crippen LogP contribution in [0.2, 0.25) is 0 Å². The normalized spacial score (nSPS) is 18.3. The summed E-state index contributed by atoms with van der Waals surface area (Å²) in [5.41, 5.74) is 3.64. The van der Waals surface area contributed by atoms with Gasteiger partial charge in [0.2, 0.25) is 0 Å². The number of fused-ring (bicyclic) bond motifs is 4. The van der Waals surface area contributed by atoms with Crippen LogP contribution in [0.5, 0.6) is 0 Å². The van der Waals surface area contributed by atoms with Gasteiger partial charge in [-0.3, -0.25) is 14.5 Å². The van der Waals surface area contributed by atoms with Gasteiger partial charge in [0.1, 0.15) is 16.9 Å². The molecule has 4 heterocycles. The van der Waals surface area contributed by atoms with Crippen LogP contribution in [0.1, 0.15) is 33.9 Å².